The number of carboxylic acids is 1. The first-order chi connectivity index (χ1) is 10.5. The Kier molecular flexibility index (Phi) is 7.22. The normalized spacial score (nSPS) is 11.6. The lowest BCUT2D eigenvalue weighted by Gasteiger charge is -2.15. The van der Waals surface area contributed by atoms with E-state index in [4.69, 9.17) is 14.6 Å². The summed E-state index contributed by atoms with van der Waals surface area (Å²) >= 11 is 0. The molecule has 0 saturated carbocycles. The van der Waals surface area contributed by atoms with Gasteiger partial charge >= 0.3 is 5.97 Å². The Bertz CT molecular complexity index is 515. The molecule has 0 radical (unpaired) electrons. The van der Waals surface area contributed by atoms with Gasteiger partial charge in [-0.1, -0.05) is 6.92 Å². The lowest BCUT2D eigenvalue weighted by Crippen LogP contribution is -2.34. The summed E-state index contributed by atoms with van der Waals surface area (Å²) in [5, 5.41) is 11.4. The first-order valence-corrected chi connectivity index (χ1v) is 7.40. The van der Waals surface area contributed by atoms with Gasteiger partial charge in [-0.15, -0.1) is 0 Å². The van der Waals surface area contributed by atoms with Crippen LogP contribution in [0.5, 0.6) is 11.5 Å². The maximum atomic E-state index is 12.1. The fourth-order valence-electron chi connectivity index (χ4n) is 1.87. The van der Waals surface area contributed by atoms with Crippen molar-refractivity contribution in [1.29, 1.82) is 0 Å². The standard InChI is InChI=1S/C16H23NO5/c1-4-8-22-13-7-6-12(10-14(13)21-5-2)16(20)17-11(3)9-15(18)19/h6-7,10-11H,4-5,8-9H2,1-3H3,(H,17,20)(H,18,19). The van der Waals surface area contributed by atoms with Gasteiger partial charge in [-0.3, -0.25) is 9.59 Å². The topological polar surface area (TPSA) is 84.9 Å². The van der Waals surface area contributed by atoms with Crippen LogP contribution in [0.2, 0.25) is 0 Å². The van der Waals surface area contributed by atoms with Crippen LogP contribution in [0, 0.1) is 0 Å². The molecule has 1 unspecified atom stereocenters. The Balaban J connectivity index is 2.83. The van der Waals surface area contributed by atoms with Crippen molar-refractivity contribution in [2.75, 3.05) is 13.2 Å². The SMILES string of the molecule is CCCOc1ccc(C(=O)NC(C)CC(=O)O)cc1OCC. The summed E-state index contributed by atoms with van der Waals surface area (Å²) in [5.74, 6) is -0.184. The van der Waals surface area contributed by atoms with Gasteiger partial charge in [-0.25, -0.2) is 0 Å². The van der Waals surface area contributed by atoms with Gasteiger partial charge < -0.3 is 19.9 Å². The lowest BCUT2D eigenvalue weighted by atomic mass is 10.1. The molecule has 1 aromatic carbocycles. The minimum absolute atomic E-state index is 0.123. The summed E-state index contributed by atoms with van der Waals surface area (Å²) in [6.07, 6.45) is 0.752. The molecule has 22 heavy (non-hydrogen) atoms. The second-order valence-electron chi connectivity index (χ2n) is 4.92. The molecule has 2 N–H and O–H groups in total. The zero-order valence-electron chi connectivity index (χ0n) is 13.2. The summed E-state index contributed by atoms with van der Waals surface area (Å²) in [4.78, 5) is 22.7. The third kappa shape index (κ3) is 5.63. The van der Waals surface area contributed by atoms with Crippen molar-refractivity contribution in [2.24, 2.45) is 0 Å². The summed E-state index contributed by atoms with van der Waals surface area (Å²) in [6, 6.07) is 4.49. The molecule has 0 spiro atoms. The first kappa shape index (κ1) is 17.8. The van der Waals surface area contributed by atoms with Crippen molar-refractivity contribution in [3.8, 4) is 11.5 Å². The number of carboxylic acid groups (broad SMARTS) is 1. The van der Waals surface area contributed by atoms with E-state index in [0.29, 0.717) is 30.3 Å². The average molecular weight is 309 g/mol. The van der Waals surface area contributed by atoms with Gasteiger partial charge in [-0.05, 0) is 38.5 Å². The van der Waals surface area contributed by atoms with Crippen molar-refractivity contribution in [2.45, 2.75) is 39.7 Å². The number of aliphatic carboxylic acids is 1. The second kappa shape index (κ2) is 8.92. The van der Waals surface area contributed by atoms with Gasteiger partial charge in [0.2, 0.25) is 0 Å². The smallest absolute Gasteiger partial charge is 0.305 e. The van der Waals surface area contributed by atoms with Crippen molar-refractivity contribution >= 4 is 11.9 Å². The molecule has 0 aliphatic rings. The number of rotatable bonds is 9. The lowest BCUT2D eigenvalue weighted by molar-refractivity contribution is -0.137. The monoisotopic (exact) mass is 309 g/mol. The summed E-state index contributed by atoms with van der Waals surface area (Å²) in [7, 11) is 0. The Hall–Kier alpha value is -2.24. The van der Waals surface area contributed by atoms with Crippen molar-refractivity contribution in [3.05, 3.63) is 23.8 Å². The second-order valence-corrected chi connectivity index (χ2v) is 4.92. The van der Waals surface area contributed by atoms with Gasteiger partial charge in [0.1, 0.15) is 0 Å². The van der Waals surface area contributed by atoms with E-state index in [1.54, 1.807) is 25.1 Å². The minimum Gasteiger partial charge on any atom is -0.490 e. The maximum absolute atomic E-state index is 12.1. The van der Waals surface area contributed by atoms with Gasteiger partial charge in [0.25, 0.3) is 5.91 Å². The van der Waals surface area contributed by atoms with E-state index < -0.39 is 12.0 Å². The van der Waals surface area contributed by atoms with Crippen LogP contribution in [-0.2, 0) is 4.79 Å². The van der Waals surface area contributed by atoms with Crippen molar-refractivity contribution in [3.63, 3.8) is 0 Å². The van der Waals surface area contributed by atoms with Crippen LogP contribution in [0.25, 0.3) is 0 Å². The predicted molar refractivity (Wildman–Crippen MR) is 82.6 cm³/mol. The molecule has 6 nitrogen and oxygen atoms in total. The number of nitrogens with one attached hydrogen (secondary N) is 1. The molecule has 1 rings (SSSR count). The van der Waals surface area contributed by atoms with Crippen LogP contribution < -0.4 is 14.8 Å². The molecular weight excluding hydrogens is 286 g/mol. The number of amides is 1. The molecule has 1 aromatic rings. The highest BCUT2D eigenvalue weighted by atomic mass is 16.5. The number of ether oxygens (including phenoxy) is 2. The number of carbonyl (C=O) groups excluding carboxylic acids is 1. The highest BCUT2D eigenvalue weighted by molar-refractivity contribution is 5.95. The molecule has 0 aliphatic carbocycles. The highest BCUT2D eigenvalue weighted by Crippen LogP contribution is 2.28. The van der Waals surface area contributed by atoms with Crippen molar-refractivity contribution < 1.29 is 24.2 Å². The Morgan fingerprint density at radius 1 is 1.23 bits per heavy atom. The third-order valence-electron chi connectivity index (χ3n) is 2.83. The zero-order valence-corrected chi connectivity index (χ0v) is 13.2. The van der Waals surface area contributed by atoms with Crippen LogP contribution in [0.3, 0.4) is 0 Å². The molecular formula is C16H23NO5. The van der Waals surface area contributed by atoms with E-state index in [1.807, 2.05) is 13.8 Å². The minimum atomic E-state index is -0.953. The van der Waals surface area contributed by atoms with Crippen LogP contribution in [-0.4, -0.2) is 36.2 Å². The molecule has 122 valence electrons. The van der Waals surface area contributed by atoms with Gasteiger partial charge in [0.05, 0.1) is 19.6 Å². The summed E-state index contributed by atoms with van der Waals surface area (Å²) in [5.41, 5.74) is 0.407. The first-order valence-electron chi connectivity index (χ1n) is 7.40. The molecule has 0 aromatic heterocycles. The third-order valence-corrected chi connectivity index (χ3v) is 2.83. The quantitative estimate of drug-likeness (QED) is 0.732. The maximum Gasteiger partial charge on any atom is 0.305 e. The average Bonchev–Trinajstić information content (AvgIpc) is 2.45. The Morgan fingerprint density at radius 3 is 2.55 bits per heavy atom. The fraction of sp³-hybridized carbons (Fsp3) is 0.500. The molecule has 6 heteroatoms. The Labute approximate surface area is 130 Å². The Morgan fingerprint density at radius 2 is 1.95 bits per heavy atom. The summed E-state index contributed by atoms with van der Waals surface area (Å²) in [6.45, 7) is 6.54. The van der Waals surface area contributed by atoms with Crippen LogP contribution in [0.1, 0.15) is 44.0 Å². The molecule has 0 aliphatic heterocycles. The van der Waals surface area contributed by atoms with E-state index in [0.717, 1.165) is 6.42 Å². The highest BCUT2D eigenvalue weighted by Gasteiger charge is 2.15. The van der Waals surface area contributed by atoms with Gasteiger partial charge in [0, 0.05) is 11.6 Å². The number of hydrogen-bond donors (Lipinski definition) is 2. The molecule has 0 saturated heterocycles. The van der Waals surface area contributed by atoms with Crippen LogP contribution in [0.15, 0.2) is 18.2 Å². The van der Waals surface area contributed by atoms with Crippen LogP contribution >= 0.6 is 0 Å². The molecule has 1 amide bonds. The molecule has 0 fully saturated rings. The summed E-state index contributed by atoms with van der Waals surface area (Å²) < 4.78 is 11.1. The van der Waals surface area contributed by atoms with Crippen LogP contribution in [0.4, 0.5) is 0 Å². The van der Waals surface area contributed by atoms with Crippen molar-refractivity contribution in [1.82, 2.24) is 5.32 Å². The molecule has 0 heterocycles. The fourth-order valence-corrected chi connectivity index (χ4v) is 1.87. The van der Waals surface area contributed by atoms with E-state index in [9.17, 15) is 9.59 Å². The number of hydrogen-bond acceptors (Lipinski definition) is 4. The van der Waals surface area contributed by atoms with E-state index in [-0.39, 0.29) is 12.3 Å². The largest absolute Gasteiger partial charge is 0.490 e. The van der Waals surface area contributed by atoms with Gasteiger partial charge in [0.15, 0.2) is 11.5 Å². The van der Waals surface area contributed by atoms with E-state index in [2.05, 4.69) is 5.32 Å². The molecule has 1 atom stereocenters. The number of benzene rings is 1. The number of carbonyl (C=O) groups is 2. The molecule has 0 bridgehead atoms. The predicted octanol–water partition coefficient (Wildman–Crippen LogP) is 2.47. The van der Waals surface area contributed by atoms with E-state index >= 15 is 0 Å². The zero-order chi connectivity index (χ0) is 16.5. The van der Waals surface area contributed by atoms with Gasteiger partial charge in [-0.2, -0.15) is 0 Å². The van der Waals surface area contributed by atoms with E-state index in [1.165, 1.54) is 0 Å².